The summed E-state index contributed by atoms with van der Waals surface area (Å²) in [7, 11) is 1.45. The molecule has 1 saturated carbocycles. The molecule has 1 fully saturated rings. The van der Waals surface area contributed by atoms with Crippen molar-refractivity contribution in [1.29, 1.82) is 0 Å². The molecule has 92 valence electrons. The van der Waals surface area contributed by atoms with Gasteiger partial charge in [0.1, 0.15) is 6.04 Å². The number of phenolic OH excluding ortho intramolecular Hbond substituents is 1. The van der Waals surface area contributed by atoms with Crippen LogP contribution in [0.15, 0.2) is 18.2 Å². The summed E-state index contributed by atoms with van der Waals surface area (Å²) in [5.74, 6) is -0.628. The molecule has 4 N–H and O–H groups in total. The van der Waals surface area contributed by atoms with Gasteiger partial charge in [-0.2, -0.15) is 0 Å². The van der Waals surface area contributed by atoms with Crippen molar-refractivity contribution in [1.82, 2.24) is 0 Å². The fraction of sp³-hybridized carbons (Fsp3) is 0.417. The summed E-state index contributed by atoms with van der Waals surface area (Å²) in [6.45, 7) is 0. The Morgan fingerprint density at radius 3 is 2.65 bits per heavy atom. The minimum atomic E-state index is -1.01. The Hall–Kier alpha value is -1.75. The van der Waals surface area contributed by atoms with E-state index >= 15 is 0 Å². The standard InChI is InChI=1S/C12H15NO4/c1-17-9-6-7(2-3-8(9)14)12(4-5-12)10(13)11(15)16/h2-3,6,10,14H,4-5,13H2,1H3,(H,15,16). The summed E-state index contributed by atoms with van der Waals surface area (Å²) >= 11 is 0. The van der Waals surface area contributed by atoms with Gasteiger partial charge in [0, 0.05) is 5.41 Å². The quantitative estimate of drug-likeness (QED) is 0.721. The first-order valence-electron chi connectivity index (χ1n) is 5.37. The minimum Gasteiger partial charge on any atom is -0.504 e. The number of benzene rings is 1. The van der Waals surface area contributed by atoms with Crippen molar-refractivity contribution in [2.45, 2.75) is 24.3 Å². The second-order valence-corrected chi connectivity index (χ2v) is 4.36. The van der Waals surface area contributed by atoms with Gasteiger partial charge in [0.15, 0.2) is 11.5 Å². The Balaban J connectivity index is 2.37. The number of ether oxygens (including phenoxy) is 1. The maximum atomic E-state index is 11.0. The predicted molar refractivity (Wildman–Crippen MR) is 61.2 cm³/mol. The molecule has 1 aliphatic carbocycles. The van der Waals surface area contributed by atoms with Gasteiger partial charge in [0.25, 0.3) is 0 Å². The average molecular weight is 237 g/mol. The van der Waals surface area contributed by atoms with E-state index < -0.39 is 17.4 Å². The Labute approximate surface area is 98.8 Å². The van der Waals surface area contributed by atoms with E-state index in [1.165, 1.54) is 13.2 Å². The van der Waals surface area contributed by atoms with E-state index in [1.807, 2.05) is 0 Å². The van der Waals surface area contributed by atoms with Crippen molar-refractivity contribution >= 4 is 5.97 Å². The van der Waals surface area contributed by atoms with Gasteiger partial charge in [-0.1, -0.05) is 6.07 Å². The lowest BCUT2D eigenvalue weighted by molar-refractivity contribution is -0.139. The fourth-order valence-corrected chi connectivity index (χ4v) is 2.14. The Kier molecular flexibility index (Phi) is 2.71. The zero-order valence-electron chi connectivity index (χ0n) is 9.51. The number of nitrogens with two attached hydrogens (primary N) is 1. The zero-order chi connectivity index (χ0) is 12.6. The van der Waals surface area contributed by atoms with Gasteiger partial charge in [-0.15, -0.1) is 0 Å². The van der Waals surface area contributed by atoms with E-state index in [0.717, 1.165) is 18.4 Å². The summed E-state index contributed by atoms with van der Waals surface area (Å²) in [5, 5.41) is 18.5. The molecule has 1 aliphatic rings. The van der Waals surface area contributed by atoms with Crippen molar-refractivity contribution in [2.75, 3.05) is 7.11 Å². The number of hydrogen-bond donors (Lipinski definition) is 3. The van der Waals surface area contributed by atoms with Crippen LogP contribution in [-0.4, -0.2) is 29.3 Å². The zero-order valence-corrected chi connectivity index (χ0v) is 9.51. The van der Waals surface area contributed by atoms with E-state index in [0.29, 0.717) is 5.75 Å². The molecule has 0 aliphatic heterocycles. The topological polar surface area (TPSA) is 92.8 Å². The number of carboxylic acid groups (broad SMARTS) is 1. The molecule has 5 heteroatoms. The third kappa shape index (κ3) is 1.82. The monoisotopic (exact) mass is 237 g/mol. The molecule has 0 radical (unpaired) electrons. The van der Waals surface area contributed by atoms with Crippen LogP contribution in [0, 0.1) is 0 Å². The third-order valence-electron chi connectivity index (χ3n) is 3.40. The number of aliphatic carboxylic acids is 1. The van der Waals surface area contributed by atoms with Crippen molar-refractivity contribution in [3.05, 3.63) is 23.8 Å². The molecule has 1 aromatic rings. The van der Waals surface area contributed by atoms with Crippen LogP contribution in [0.3, 0.4) is 0 Å². The molecule has 0 bridgehead atoms. The largest absolute Gasteiger partial charge is 0.504 e. The van der Waals surface area contributed by atoms with Crippen LogP contribution in [0.2, 0.25) is 0 Å². The normalized spacial score (nSPS) is 18.5. The highest BCUT2D eigenvalue weighted by Crippen LogP contribution is 2.51. The molecule has 1 atom stereocenters. The molecule has 1 aromatic carbocycles. The van der Waals surface area contributed by atoms with E-state index in [4.69, 9.17) is 15.6 Å². The van der Waals surface area contributed by atoms with Crippen LogP contribution in [0.4, 0.5) is 0 Å². The lowest BCUT2D eigenvalue weighted by Crippen LogP contribution is -2.41. The summed E-state index contributed by atoms with van der Waals surface area (Å²) in [4.78, 5) is 11.0. The molecule has 0 amide bonds. The fourth-order valence-electron chi connectivity index (χ4n) is 2.14. The summed E-state index contributed by atoms with van der Waals surface area (Å²) in [6.07, 6.45) is 1.49. The second-order valence-electron chi connectivity index (χ2n) is 4.36. The maximum absolute atomic E-state index is 11.0. The Bertz CT molecular complexity index is 454. The predicted octanol–water partition coefficient (Wildman–Crippen LogP) is 0.844. The highest BCUT2D eigenvalue weighted by atomic mass is 16.5. The Morgan fingerprint density at radius 1 is 1.53 bits per heavy atom. The molecule has 0 saturated heterocycles. The average Bonchev–Trinajstić information content (AvgIpc) is 3.10. The van der Waals surface area contributed by atoms with E-state index in [1.54, 1.807) is 12.1 Å². The van der Waals surface area contributed by atoms with Crippen LogP contribution >= 0.6 is 0 Å². The van der Waals surface area contributed by atoms with Crippen LogP contribution in [0.1, 0.15) is 18.4 Å². The summed E-state index contributed by atoms with van der Waals surface area (Å²) < 4.78 is 5.01. The second kappa shape index (κ2) is 3.92. The van der Waals surface area contributed by atoms with Crippen LogP contribution in [-0.2, 0) is 10.2 Å². The third-order valence-corrected chi connectivity index (χ3v) is 3.40. The van der Waals surface area contributed by atoms with Gasteiger partial charge >= 0.3 is 5.97 Å². The lowest BCUT2D eigenvalue weighted by Gasteiger charge is -2.20. The van der Waals surface area contributed by atoms with Crippen LogP contribution < -0.4 is 10.5 Å². The van der Waals surface area contributed by atoms with E-state index in [9.17, 15) is 9.90 Å². The molecule has 5 nitrogen and oxygen atoms in total. The highest BCUT2D eigenvalue weighted by Gasteiger charge is 2.52. The maximum Gasteiger partial charge on any atom is 0.321 e. The smallest absolute Gasteiger partial charge is 0.321 e. The molecule has 0 heterocycles. The molecule has 2 rings (SSSR count). The first-order chi connectivity index (χ1) is 8.01. The first-order valence-corrected chi connectivity index (χ1v) is 5.37. The van der Waals surface area contributed by atoms with Gasteiger partial charge in [0.05, 0.1) is 7.11 Å². The SMILES string of the molecule is COc1cc(C2(C(N)C(=O)O)CC2)ccc1O. The number of phenols is 1. The number of methoxy groups -OCH3 is 1. The molecule has 0 aromatic heterocycles. The van der Waals surface area contributed by atoms with E-state index in [-0.39, 0.29) is 5.75 Å². The first kappa shape index (κ1) is 11.7. The van der Waals surface area contributed by atoms with Gasteiger partial charge < -0.3 is 20.7 Å². The number of carboxylic acids is 1. The van der Waals surface area contributed by atoms with Crippen LogP contribution in [0.25, 0.3) is 0 Å². The number of hydrogen-bond acceptors (Lipinski definition) is 4. The molecule has 1 unspecified atom stereocenters. The van der Waals surface area contributed by atoms with Gasteiger partial charge in [-0.3, -0.25) is 4.79 Å². The van der Waals surface area contributed by atoms with Gasteiger partial charge in [-0.25, -0.2) is 0 Å². The van der Waals surface area contributed by atoms with Crippen molar-refractivity contribution in [2.24, 2.45) is 5.73 Å². The number of carbonyl (C=O) groups is 1. The summed E-state index contributed by atoms with van der Waals surface area (Å²) in [6, 6.07) is 3.94. The highest BCUT2D eigenvalue weighted by molar-refractivity contribution is 5.77. The summed E-state index contributed by atoms with van der Waals surface area (Å²) in [5.41, 5.74) is 6.02. The van der Waals surface area contributed by atoms with Gasteiger partial charge in [0.2, 0.25) is 0 Å². The molecule has 0 spiro atoms. The number of aromatic hydroxyl groups is 1. The Morgan fingerprint density at radius 2 is 2.18 bits per heavy atom. The molecular formula is C12H15NO4. The van der Waals surface area contributed by atoms with E-state index in [2.05, 4.69) is 0 Å². The number of rotatable bonds is 4. The molecular weight excluding hydrogens is 222 g/mol. The van der Waals surface area contributed by atoms with Crippen molar-refractivity contribution in [3.8, 4) is 11.5 Å². The lowest BCUT2D eigenvalue weighted by atomic mass is 9.88. The van der Waals surface area contributed by atoms with Crippen molar-refractivity contribution < 1.29 is 19.7 Å². The van der Waals surface area contributed by atoms with Crippen molar-refractivity contribution in [3.63, 3.8) is 0 Å². The van der Waals surface area contributed by atoms with Gasteiger partial charge in [-0.05, 0) is 30.5 Å². The minimum absolute atomic E-state index is 0.0379. The molecule has 17 heavy (non-hydrogen) atoms. The van der Waals surface area contributed by atoms with Crippen LogP contribution in [0.5, 0.6) is 11.5 Å².